The van der Waals surface area contributed by atoms with Gasteiger partial charge in [0.2, 0.25) is 5.88 Å². The lowest BCUT2D eigenvalue weighted by Crippen LogP contribution is -2.07. The van der Waals surface area contributed by atoms with Crippen LogP contribution in [0.2, 0.25) is 10.0 Å². The molecule has 0 amide bonds. The van der Waals surface area contributed by atoms with Gasteiger partial charge in [-0.15, -0.1) is 5.10 Å². The van der Waals surface area contributed by atoms with Crippen LogP contribution >= 0.6 is 39.1 Å². The molecule has 2 aromatic rings. The summed E-state index contributed by atoms with van der Waals surface area (Å²) in [5, 5.41) is 11.9. The third-order valence-corrected chi connectivity index (χ3v) is 3.73. The van der Waals surface area contributed by atoms with Crippen molar-refractivity contribution < 1.29 is 4.74 Å². The molecule has 0 aliphatic rings. The van der Waals surface area contributed by atoms with Crippen molar-refractivity contribution in [3.8, 4) is 11.6 Å². The highest BCUT2D eigenvalue weighted by molar-refractivity contribution is 9.10. The molecule has 0 saturated carbocycles. The van der Waals surface area contributed by atoms with Gasteiger partial charge in [0.15, 0.2) is 0 Å². The number of ether oxygens (including phenoxy) is 1. The summed E-state index contributed by atoms with van der Waals surface area (Å²) in [7, 11) is 1.84. The van der Waals surface area contributed by atoms with Crippen molar-refractivity contribution in [3.63, 3.8) is 0 Å². The van der Waals surface area contributed by atoms with E-state index in [0.717, 1.165) is 5.69 Å². The van der Waals surface area contributed by atoms with E-state index in [1.807, 2.05) is 13.1 Å². The Labute approximate surface area is 129 Å². The van der Waals surface area contributed by atoms with Crippen LogP contribution in [0.3, 0.4) is 0 Å². The van der Waals surface area contributed by atoms with E-state index in [2.05, 4.69) is 31.4 Å². The Bertz CT molecular complexity index is 578. The van der Waals surface area contributed by atoms with Gasteiger partial charge in [-0.3, -0.25) is 0 Å². The molecule has 0 radical (unpaired) electrons. The van der Waals surface area contributed by atoms with E-state index in [1.165, 1.54) is 0 Å². The van der Waals surface area contributed by atoms with Gasteiger partial charge >= 0.3 is 0 Å². The van der Waals surface area contributed by atoms with Crippen molar-refractivity contribution in [1.29, 1.82) is 0 Å². The van der Waals surface area contributed by atoms with Gasteiger partial charge in [-0.25, -0.2) is 0 Å². The molecule has 1 heterocycles. The predicted octanol–water partition coefficient (Wildman–Crippen LogP) is 4.06. The summed E-state index contributed by atoms with van der Waals surface area (Å²) in [6.07, 6.45) is 0. The molecule has 0 spiro atoms. The molecule has 0 saturated heterocycles. The van der Waals surface area contributed by atoms with Gasteiger partial charge in [-0.1, -0.05) is 23.2 Å². The molecule has 2 rings (SSSR count). The van der Waals surface area contributed by atoms with Crippen molar-refractivity contribution in [3.05, 3.63) is 44.5 Å². The average molecular weight is 363 g/mol. The first-order valence-electron chi connectivity index (χ1n) is 5.39. The first kappa shape index (κ1) is 14.5. The van der Waals surface area contributed by atoms with Crippen LogP contribution in [0.15, 0.2) is 28.7 Å². The molecule has 0 fully saturated rings. The Morgan fingerprint density at radius 1 is 1.21 bits per heavy atom. The number of nitrogens with zero attached hydrogens (tertiary/aromatic N) is 2. The van der Waals surface area contributed by atoms with Crippen molar-refractivity contribution >= 4 is 39.1 Å². The Balaban J connectivity index is 2.19. The van der Waals surface area contributed by atoms with E-state index < -0.39 is 0 Å². The number of hydrogen-bond donors (Lipinski definition) is 1. The summed E-state index contributed by atoms with van der Waals surface area (Å²) in [4.78, 5) is 0. The fourth-order valence-electron chi connectivity index (χ4n) is 1.37. The summed E-state index contributed by atoms with van der Waals surface area (Å²) in [6.45, 7) is 0.651. The summed E-state index contributed by atoms with van der Waals surface area (Å²) >= 11 is 15.3. The molecule has 100 valence electrons. The van der Waals surface area contributed by atoms with Crippen LogP contribution in [-0.4, -0.2) is 17.2 Å². The summed E-state index contributed by atoms with van der Waals surface area (Å²) in [5.74, 6) is 0.797. The van der Waals surface area contributed by atoms with Crippen LogP contribution in [0.4, 0.5) is 0 Å². The quantitative estimate of drug-likeness (QED) is 0.833. The van der Waals surface area contributed by atoms with E-state index in [0.29, 0.717) is 32.7 Å². The van der Waals surface area contributed by atoms with Gasteiger partial charge in [-0.2, -0.15) is 5.10 Å². The third-order valence-electron chi connectivity index (χ3n) is 2.24. The number of halogens is 3. The monoisotopic (exact) mass is 361 g/mol. The number of rotatable bonds is 4. The Morgan fingerprint density at radius 3 is 2.63 bits per heavy atom. The number of benzene rings is 1. The van der Waals surface area contributed by atoms with Crippen LogP contribution in [0.1, 0.15) is 5.69 Å². The van der Waals surface area contributed by atoms with E-state index in [-0.39, 0.29) is 0 Å². The van der Waals surface area contributed by atoms with Crippen molar-refractivity contribution in [2.45, 2.75) is 6.54 Å². The molecule has 1 N–H and O–H groups in total. The molecule has 19 heavy (non-hydrogen) atoms. The molecule has 0 aliphatic carbocycles. The third kappa shape index (κ3) is 3.79. The molecule has 0 aliphatic heterocycles. The van der Waals surface area contributed by atoms with Crippen LogP contribution in [0.5, 0.6) is 11.6 Å². The standard InChI is InChI=1S/C12H10BrCl2N3O/c1-16-6-7-2-3-12(18-17-7)19-11-5-9(14)8(13)4-10(11)15/h2-5,16H,6H2,1H3. The predicted molar refractivity (Wildman–Crippen MR) is 79.0 cm³/mol. The highest BCUT2D eigenvalue weighted by Gasteiger charge is 2.09. The SMILES string of the molecule is CNCc1ccc(Oc2cc(Cl)c(Br)cc2Cl)nn1. The maximum atomic E-state index is 6.06. The smallest absolute Gasteiger partial charge is 0.238 e. The molecule has 0 bridgehead atoms. The molecule has 0 unspecified atom stereocenters. The molecular formula is C12H10BrCl2N3O. The lowest BCUT2D eigenvalue weighted by atomic mass is 10.3. The van der Waals surface area contributed by atoms with Crippen molar-refractivity contribution in [2.24, 2.45) is 0 Å². The lowest BCUT2D eigenvalue weighted by Gasteiger charge is -2.08. The second-order valence-electron chi connectivity index (χ2n) is 3.69. The van der Waals surface area contributed by atoms with Crippen molar-refractivity contribution in [2.75, 3.05) is 7.05 Å². The first-order valence-corrected chi connectivity index (χ1v) is 6.94. The highest BCUT2D eigenvalue weighted by Crippen LogP contribution is 2.35. The van der Waals surface area contributed by atoms with Gasteiger partial charge in [0, 0.05) is 23.2 Å². The van der Waals surface area contributed by atoms with Gasteiger partial charge in [0.25, 0.3) is 0 Å². The van der Waals surface area contributed by atoms with E-state index >= 15 is 0 Å². The molecule has 1 aromatic heterocycles. The van der Waals surface area contributed by atoms with Crippen LogP contribution in [0.25, 0.3) is 0 Å². The fourth-order valence-corrected chi connectivity index (χ4v) is 2.20. The minimum absolute atomic E-state index is 0.361. The Kier molecular flexibility index (Phi) is 4.99. The van der Waals surface area contributed by atoms with E-state index in [9.17, 15) is 0 Å². The zero-order chi connectivity index (χ0) is 13.8. The maximum absolute atomic E-state index is 6.06. The lowest BCUT2D eigenvalue weighted by molar-refractivity contribution is 0.453. The highest BCUT2D eigenvalue weighted by atomic mass is 79.9. The van der Waals surface area contributed by atoms with Gasteiger partial charge in [0.1, 0.15) is 5.75 Å². The van der Waals surface area contributed by atoms with Gasteiger partial charge in [-0.05, 0) is 35.1 Å². The summed E-state index contributed by atoms with van der Waals surface area (Å²) in [5.41, 5.74) is 0.829. The molecule has 1 aromatic carbocycles. The minimum atomic E-state index is 0.361. The second kappa shape index (κ2) is 6.52. The minimum Gasteiger partial charge on any atom is -0.436 e. The van der Waals surface area contributed by atoms with E-state index in [4.69, 9.17) is 27.9 Å². The number of aromatic nitrogens is 2. The summed E-state index contributed by atoms with van der Waals surface area (Å²) < 4.78 is 6.26. The van der Waals surface area contributed by atoms with Crippen molar-refractivity contribution in [1.82, 2.24) is 15.5 Å². The van der Waals surface area contributed by atoms with Crippen LogP contribution in [0, 0.1) is 0 Å². The zero-order valence-corrected chi connectivity index (χ0v) is 13.1. The Hall–Kier alpha value is -0.880. The first-order chi connectivity index (χ1) is 9.10. The summed E-state index contributed by atoms with van der Waals surface area (Å²) in [6, 6.07) is 6.85. The zero-order valence-electron chi connectivity index (χ0n) is 9.95. The number of hydrogen-bond acceptors (Lipinski definition) is 4. The fraction of sp³-hybridized carbons (Fsp3) is 0.167. The van der Waals surface area contributed by atoms with Crippen LogP contribution < -0.4 is 10.1 Å². The molecule has 4 nitrogen and oxygen atoms in total. The molecule has 7 heteroatoms. The van der Waals surface area contributed by atoms with Gasteiger partial charge < -0.3 is 10.1 Å². The van der Waals surface area contributed by atoms with Crippen LogP contribution in [-0.2, 0) is 6.54 Å². The molecule has 0 atom stereocenters. The van der Waals surface area contributed by atoms with Gasteiger partial charge in [0.05, 0.1) is 15.7 Å². The topological polar surface area (TPSA) is 47.0 Å². The van der Waals surface area contributed by atoms with E-state index in [1.54, 1.807) is 18.2 Å². The second-order valence-corrected chi connectivity index (χ2v) is 5.36. The number of nitrogens with one attached hydrogen (secondary N) is 1. The molecular weight excluding hydrogens is 353 g/mol. The normalized spacial score (nSPS) is 10.5. The largest absolute Gasteiger partial charge is 0.436 e. The maximum Gasteiger partial charge on any atom is 0.238 e. The Morgan fingerprint density at radius 2 is 2.00 bits per heavy atom. The average Bonchev–Trinajstić information content (AvgIpc) is 2.38.